The molecule has 1 aromatic heterocycles. The molecule has 2 amide bonds. The smallest absolute Gasteiger partial charge is 0.315 e. The lowest BCUT2D eigenvalue weighted by Crippen LogP contribution is -2.40. The summed E-state index contributed by atoms with van der Waals surface area (Å²) in [6.07, 6.45) is 2.94. The molecule has 6 nitrogen and oxygen atoms in total. The van der Waals surface area contributed by atoms with Gasteiger partial charge in [0.2, 0.25) is 5.89 Å². The molecule has 0 aliphatic heterocycles. The van der Waals surface area contributed by atoms with E-state index in [0.717, 1.165) is 24.8 Å². The van der Waals surface area contributed by atoms with E-state index in [1.807, 2.05) is 45.9 Å². The van der Waals surface area contributed by atoms with E-state index in [1.54, 1.807) is 0 Å². The number of aryl methyl sites for hydroxylation is 1. The summed E-state index contributed by atoms with van der Waals surface area (Å²) in [5, 5.41) is 10.6. The lowest BCUT2D eigenvalue weighted by Gasteiger charge is -2.27. The van der Waals surface area contributed by atoms with Crippen molar-refractivity contribution in [1.29, 1.82) is 0 Å². The summed E-state index contributed by atoms with van der Waals surface area (Å²) in [6, 6.07) is 5.20. The maximum Gasteiger partial charge on any atom is 0.315 e. The fourth-order valence-corrected chi connectivity index (χ4v) is 3.27. The quantitative estimate of drug-likeness (QED) is 0.828. The average Bonchev–Trinajstić information content (AvgIpc) is 3.06. The van der Waals surface area contributed by atoms with Gasteiger partial charge >= 0.3 is 6.03 Å². The summed E-state index contributed by atoms with van der Waals surface area (Å²) in [4.78, 5) is 16.8. The highest BCUT2D eigenvalue weighted by molar-refractivity contribution is 6.30. The highest BCUT2D eigenvalue weighted by Gasteiger charge is 2.26. The minimum absolute atomic E-state index is 0.0440. The normalized spacial score (nSPS) is 18.1. The van der Waals surface area contributed by atoms with Gasteiger partial charge in [0.15, 0.2) is 5.82 Å². The van der Waals surface area contributed by atoms with Crippen LogP contribution in [0.25, 0.3) is 0 Å². The summed E-state index contributed by atoms with van der Waals surface area (Å²) in [7, 11) is 0. The van der Waals surface area contributed by atoms with Crippen molar-refractivity contribution in [3.8, 4) is 0 Å². The number of nitrogens with one attached hydrogen (secondary N) is 2. The van der Waals surface area contributed by atoms with Gasteiger partial charge in [-0.15, -0.1) is 0 Å². The Balaban J connectivity index is 1.65. The van der Waals surface area contributed by atoms with Gasteiger partial charge in [-0.05, 0) is 49.4 Å². The van der Waals surface area contributed by atoms with E-state index in [4.69, 9.17) is 16.1 Å². The molecular formula is C19H25ClN4O2. The predicted molar refractivity (Wildman–Crippen MR) is 100 cm³/mol. The molecule has 0 spiro atoms. The van der Waals surface area contributed by atoms with Gasteiger partial charge < -0.3 is 15.2 Å². The minimum atomic E-state index is -0.374. The number of hydrogen-bond acceptors (Lipinski definition) is 4. The second-order valence-corrected chi connectivity index (χ2v) is 8.27. The number of aromatic nitrogens is 2. The Morgan fingerprint density at radius 3 is 2.85 bits per heavy atom. The Labute approximate surface area is 158 Å². The molecule has 1 aromatic carbocycles. The topological polar surface area (TPSA) is 80.0 Å². The first kappa shape index (κ1) is 18.7. The number of nitrogens with zero attached hydrogens (tertiary/aromatic N) is 2. The molecule has 2 atom stereocenters. The van der Waals surface area contributed by atoms with E-state index in [0.29, 0.717) is 16.7 Å². The first-order chi connectivity index (χ1) is 12.2. The van der Waals surface area contributed by atoms with Gasteiger partial charge in [0.1, 0.15) is 6.04 Å². The second-order valence-electron chi connectivity index (χ2n) is 7.83. The lowest BCUT2D eigenvalue weighted by atomic mass is 9.88. The zero-order valence-corrected chi connectivity index (χ0v) is 16.4. The van der Waals surface area contributed by atoms with E-state index in [1.165, 1.54) is 5.56 Å². The Bertz CT molecular complexity index is 797. The highest BCUT2D eigenvalue weighted by atomic mass is 35.5. The number of hydrogen-bond donors (Lipinski definition) is 2. The van der Waals surface area contributed by atoms with E-state index in [2.05, 4.69) is 20.8 Å². The fourth-order valence-electron chi connectivity index (χ4n) is 3.09. The van der Waals surface area contributed by atoms with Crippen molar-refractivity contribution in [3.63, 3.8) is 0 Å². The van der Waals surface area contributed by atoms with Crippen LogP contribution in [0.15, 0.2) is 22.7 Å². The van der Waals surface area contributed by atoms with Crippen LogP contribution in [0, 0.1) is 0 Å². The summed E-state index contributed by atoms with van der Waals surface area (Å²) in [5.74, 6) is 1.02. The maximum absolute atomic E-state index is 12.4. The molecule has 1 unspecified atom stereocenters. The molecule has 2 aromatic rings. The molecule has 26 heavy (non-hydrogen) atoms. The van der Waals surface area contributed by atoms with E-state index >= 15 is 0 Å². The predicted octanol–water partition coefficient (Wildman–Crippen LogP) is 4.46. The molecule has 0 saturated carbocycles. The van der Waals surface area contributed by atoms with Gasteiger partial charge in [0.25, 0.3) is 0 Å². The van der Waals surface area contributed by atoms with Gasteiger partial charge in [-0.2, -0.15) is 4.98 Å². The molecule has 0 bridgehead atoms. The standard InChI is InChI=1S/C19H25ClN4O2/c1-11(16-23-17(24-26-16)19(2,3)4)21-18(25)22-15-7-5-6-12-8-9-13(20)10-14(12)15/h8-11,15H,5-7H2,1-4H3,(H2,21,22,25)/t11?,15-/m1/s1. The van der Waals surface area contributed by atoms with Crippen LogP contribution in [0.3, 0.4) is 0 Å². The third kappa shape index (κ3) is 4.18. The molecule has 1 aliphatic carbocycles. The molecule has 3 rings (SSSR count). The van der Waals surface area contributed by atoms with Crippen LogP contribution < -0.4 is 10.6 Å². The van der Waals surface area contributed by atoms with Gasteiger partial charge in [-0.25, -0.2) is 4.79 Å². The summed E-state index contributed by atoms with van der Waals surface area (Å²) in [6.45, 7) is 7.86. The van der Waals surface area contributed by atoms with Crippen LogP contribution in [-0.4, -0.2) is 16.2 Å². The number of urea groups is 1. The number of carbonyl (C=O) groups is 1. The number of benzene rings is 1. The van der Waals surface area contributed by atoms with Crippen molar-refractivity contribution < 1.29 is 9.32 Å². The molecule has 0 radical (unpaired) electrons. The number of carbonyl (C=O) groups excluding carboxylic acids is 1. The third-order valence-electron chi connectivity index (χ3n) is 4.56. The Kier molecular flexibility index (Phi) is 5.23. The van der Waals surface area contributed by atoms with E-state index in [9.17, 15) is 4.79 Å². The number of amides is 2. The molecular weight excluding hydrogens is 352 g/mol. The van der Waals surface area contributed by atoms with Crippen LogP contribution >= 0.6 is 11.6 Å². The largest absolute Gasteiger partial charge is 0.337 e. The fraction of sp³-hybridized carbons (Fsp3) is 0.526. The van der Waals surface area contributed by atoms with Crippen molar-refractivity contribution in [2.45, 2.75) is 64.5 Å². The van der Waals surface area contributed by atoms with Crippen LogP contribution in [0.1, 0.15) is 75.5 Å². The Hall–Kier alpha value is -2.08. The summed E-state index contributed by atoms with van der Waals surface area (Å²) in [5.41, 5.74) is 2.14. The molecule has 140 valence electrons. The summed E-state index contributed by atoms with van der Waals surface area (Å²) >= 11 is 6.13. The first-order valence-corrected chi connectivity index (χ1v) is 9.31. The molecule has 0 saturated heterocycles. The van der Waals surface area contributed by atoms with Gasteiger partial charge in [0, 0.05) is 10.4 Å². The van der Waals surface area contributed by atoms with E-state index < -0.39 is 0 Å². The van der Waals surface area contributed by atoms with Crippen molar-refractivity contribution in [3.05, 3.63) is 46.1 Å². The molecule has 0 fully saturated rings. The Morgan fingerprint density at radius 2 is 2.15 bits per heavy atom. The van der Waals surface area contributed by atoms with Crippen LogP contribution in [0.2, 0.25) is 5.02 Å². The molecule has 1 aliphatic rings. The second kappa shape index (κ2) is 7.27. The number of rotatable bonds is 3. The maximum atomic E-state index is 12.4. The van der Waals surface area contributed by atoms with E-state index in [-0.39, 0.29) is 23.5 Å². The van der Waals surface area contributed by atoms with Crippen LogP contribution in [-0.2, 0) is 11.8 Å². The van der Waals surface area contributed by atoms with Crippen molar-refractivity contribution >= 4 is 17.6 Å². The third-order valence-corrected chi connectivity index (χ3v) is 4.79. The van der Waals surface area contributed by atoms with Gasteiger partial charge in [-0.3, -0.25) is 0 Å². The zero-order chi connectivity index (χ0) is 18.9. The monoisotopic (exact) mass is 376 g/mol. The van der Waals surface area contributed by atoms with Gasteiger partial charge in [0.05, 0.1) is 6.04 Å². The minimum Gasteiger partial charge on any atom is -0.337 e. The van der Waals surface area contributed by atoms with Crippen molar-refractivity contribution in [2.75, 3.05) is 0 Å². The SMILES string of the molecule is CC(NC(=O)N[C@@H]1CCCc2ccc(Cl)cc21)c1nc(C(C)(C)C)no1. The Morgan fingerprint density at radius 1 is 1.38 bits per heavy atom. The first-order valence-electron chi connectivity index (χ1n) is 8.93. The van der Waals surface area contributed by atoms with Crippen LogP contribution in [0.4, 0.5) is 4.79 Å². The van der Waals surface area contributed by atoms with Gasteiger partial charge in [-0.1, -0.05) is 43.6 Å². The van der Waals surface area contributed by atoms with Crippen molar-refractivity contribution in [1.82, 2.24) is 20.8 Å². The lowest BCUT2D eigenvalue weighted by molar-refractivity contribution is 0.228. The average molecular weight is 377 g/mol. The zero-order valence-electron chi connectivity index (χ0n) is 15.6. The molecule has 1 heterocycles. The molecule has 2 N–H and O–H groups in total. The van der Waals surface area contributed by atoms with Crippen LogP contribution in [0.5, 0.6) is 0 Å². The summed E-state index contributed by atoms with van der Waals surface area (Å²) < 4.78 is 5.29. The number of halogens is 1. The number of fused-ring (bicyclic) bond motifs is 1. The molecule has 7 heteroatoms. The highest BCUT2D eigenvalue weighted by Crippen LogP contribution is 2.31. The van der Waals surface area contributed by atoms with Crippen molar-refractivity contribution in [2.24, 2.45) is 0 Å².